The molecule has 0 fully saturated rings. The van der Waals surface area contributed by atoms with Gasteiger partial charge in [0.25, 0.3) is 16.3 Å². The number of ether oxygens (including phenoxy) is 1. The van der Waals surface area contributed by atoms with Gasteiger partial charge in [-0.15, -0.1) is 0 Å². The molecule has 1 amide bonds. The number of hydrogen-bond donors (Lipinski definition) is 0. The van der Waals surface area contributed by atoms with Gasteiger partial charge in [0.1, 0.15) is 0 Å². The van der Waals surface area contributed by atoms with Crippen LogP contribution in [0.2, 0.25) is 0 Å². The molecule has 0 aliphatic rings. The third-order valence-electron chi connectivity index (χ3n) is 2.86. The third kappa shape index (κ3) is 4.49. The van der Waals surface area contributed by atoms with Crippen LogP contribution in [0.25, 0.3) is 0 Å². The SMILES string of the molecule is CC(C)N(C(=O)COc1nc(S(C)(=O)=O)ns1)c1ccccc1. The van der Waals surface area contributed by atoms with Gasteiger partial charge in [-0.3, -0.25) is 4.79 Å². The molecule has 0 radical (unpaired) electrons. The van der Waals surface area contributed by atoms with Crippen molar-refractivity contribution in [2.45, 2.75) is 25.0 Å². The summed E-state index contributed by atoms with van der Waals surface area (Å²) in [4.78, 5) is 17.8. The van der Waals surface area contributed by atoms with Gasteiger partial charge in [0, 0.05) is 29.5 Å². The molecule has 9 heteroatoms. The molecule has 1 heterocycles. The summed E-state index contributed by atoms with van der Waals surface area (Å²) >= 11 is 0.801. The number of carbonyl (C=O) groups excluding carboxylic acids is 1. The molecule has 0 saturated heterocycles. The zero-order chi connectivity index (χ0) is 17.0. The standard InChI is InChI=1S/C14H17N3O4S2/c1-10(2)17(11-7-5-4-6-8-11)12(18)9-21-14-15-13(16-22-14)23(3,19)20/h4-8,10H,9H2,1-3H3. The number of rotatable bonds is 6. The maximum Gasteiger partial charge on any atom is 0.294 e. The number of sulfone groups is 1. The molecule has 23 heavy (non-hydrogen) atoms. The van der Waals surface area contributed by atoms with Crippen LogP contribution in [0.5, 0.6) is 5.19 Å². The average Bonchev–Trinajstić information content (AvgIpc) is 2.95. The summed E-state index contributed by atoms with van der Waals surface area (Å²) in [6.07, 6.45) is 1.01. The number of para-hydroxylation sites is 1. The fourth-order valence-corrected chi connectivity index (χ4v) is 3.31. The first-order valence-electron chi connectivity index (χ1n) is 6.82. The number of anilines is 1. The second-order valence-electron chi connectivity index (χ2n) is 5.10. The Bertz CT molecular complexity index is 772. The molecule has 0 atom stereocenters. The van der Waals surface area contributed by atoms with Gasteiger partial charge in [-0.25, -0.2) is 8.42 Å². The fourth-order valence-electron chi connectivity index (χ4n) is 1.92. The van der Waals surface area contributed by atoms with Crippen LogP contribution in [0, 0.1) is 0 Å². The molecule has 2 aromatic rings. The van der Waals surface area contributed by atoms with E-state index in [1.165, 1.54) is 0 Å². The summed E-state index contributed by atoms with van der Waals surface area (Å²) in [5, 5.41) is -0.246. The van der Waals surface area contributed by atoms with Crippen molar-refractivity contribution in [3.05, 3.63) is 30.3 Å². The van der Waals surface area contributed by atoms with Crippen molar-refractivity contribution in [1.82, 2.24) is 9.36 Å². The van der Waals surface area contributed by atoms with E-state index in [1.54, 1.807) is 4.90 Å². The molecule has 1 aromatic carbocycles. The average molecular weight is 355 g/mol. The van der Waals surface area contributed by atoms with Gasteiger partial charge in [0.15, 0.2) is 6.61 Å². The summed E-state index contributed by atoms with van der Waals surface area (Å²) in [5.74, 6) is -0.248. The topological polar surface area (TPSA) is 89.5 Å². The van der Waals surface area contributed by atoms with Gasteiger partial charge < -0.3 is 9.64 Å². The van der Waals surface area contributed by atoms with Crippen molar-refractivity contribution >= 4 is 33.0 Å². The molecule has 0 spiro atoms. The lowest BCUT2D eigenvalue weighted by atomic mass is 10.2. The Morgan fingerprint density at radius 2 is 1.96 bits per heavy atom. The number of amides is 1. The van der Waals surface area contributed by atoms with E-state index in [1.807, 2.05) is 44.2 Å². The van der Waals surface area contributed by atoms with Crippen molar-refractivity contribution < 1.29 is 17.9 Å². The summed E-state index contributed by atoms with van der Waals surface area (Å²) in [6, 6.07) is 9.20. The molecule has 0 saturated carbocycles. The van der Waals surface area contributed by atoms with Crippen molar-refractivity contribution in [1.29, 1.82) is 0 Å². The minimum atomic E-state index is -3.48. The molecule has 1 aromatic heterocycles. The normalized spacial score (nSPS) is 11.5. The minimum Gasteiger partial charge on any atom is -0.459 e. The molecule has 0 unspecified atom stereocenters. The lowest BCUT2D eigenvalue weighted by molar-refractivity contribution is -0.120. The van der Waals surface area contributed by atoms with Gasteiger partial charge in [-0.05, 0) is 26.0 Å². The fraction of sp³-hybridized carbons (Fsp3) is 0.357. The molecule has 0 bridgehead atoms. The van der Waals surface area contributed by atoms with Gasteiger partial charge in [0.05, 0.1) is 0 Å². The van der Waals surface area contributed by atoms with Crippen LogP contribution < -0.4 is 9.64 Å². The van der Waals surface area contributed by atoms with E-state index in [0.717, 1.165) is 23.5 Å². The van der Waals surface area contributed by atoms with Crippen LogP contribution in [-0.4, -0.2) is 42.6 Å². The number of carbonyl (C=O) groups is 1. The van der Waals surface area contributed by atoms with Crippen LogP contribution in [-0.2, 0) is 14.6 Å². The number of benzene rings is 1. The highest BCUT2D eigenvalue weighted by Crippen LogP contribution is 2.19. The van der Waals surface area contributed by atoms with E-state index >= 15 is 0 Å². The second-order valence-corrected chi connectivity index (χ2v) is 7.72. The Labute approximate surface area is 139 Å². The van der Waals surface area contributed by atoms with Gasteiger partial charge >= 0.3 is 0 Å². The van der Waals surface area contributed by atoms with Gasteiger partial charge in [-0.2, -0.15) is 9.36 Å². The van der Waals surface area contributed by atoms with E-state index in [-0.39, 0.29) is 28.9 Å². The van der Waals surface area contributed by atoms with E-state index in [0.29, 0.717) is 0 Å². The van der Waals surface area contributed by atoms with Crippen LogP contribution in [0.3, 0.4) is 0 Å². The second kappa shape index (κ2) is 7.05. The summed E-state index contributed by atoms with van der Waals surface area (Å²) in [7, 11) is -3.48. The zero-order valence-electron chi connectivity index (χ0n) is 13.0. The van der Waals surface area contributed by atoms with Crippen LogP contribution in [0.15, 0.2) is 35.5 Å². The maximum atomic E-state index is 12.4. The van der Waals surface area contributed by atoms with Crippen molar-refractivity contribution in [2.75, 3.05) is 17.8 Å². The highest BCUT2D eigenvalue weighted by Gasteiger charge is 2.21. The Balaban J connectivity index is 2.07. The quantitative estimate of drug-likeness (QED) is 0.784. The Morgan fingerprint density at radius 3 is 2.48 bits per heavy atom. The van der Waals surface area contributed by atoms with E-state index < -0.39 is 9.84 Å². The molecule has 0 aliphatic carbocycles. The lowest BCUT2D eigenvalue weighted by Crippen LogP contribution is -2.40. The molecule has 0 N–H and O–H groups in total. The first kappa shape index (κ1) is 17.4. The molecule has 124 valence electrons. The summed E-state index contributed by atoms with van der Waals surface area (Å²) in [6.45, 7) is 3.56. The molecule has 0 aliphatic heterocycles. The van der Waals surface area contributed by atoms with Crippen LogP contribution in [0.1, 0.15) is 13.8 Å². The maximum absolute atomic E-state index is 12.4. The third-order valence-corrected chi connectivity index (χ3v) is 4.45. The van der Waals surface area contributed by atoms with E-state index in [2.05, 4.69) is 9.36 Å². The zero-order valence-corrected chi connectivity index (χ0v) is 14.6. The highest BCUT2D eigenvalue weighted by atomic mass is 32.2. The van der Waals surface area contributed by atoms with Crippen molar-refractivity contribution in [3.8, 4) is 5.19 Å². The van der Waals surface area contributed by atoms with Gasteiger partial charge in [0.2, 0.25) is 9.84 Å². The van der Waals surface area contributed by atoms with E-state index in [9.17, 15) is 13.2 Å². The van der Waals surface area contributed by atoms with E-state index in [4.69, 9.17) is 4.74 Å². The molecular weight excluding hydrogens is 338 g/mol. The first-order valence-corrected chi connectivity index (χ1v) is 9.49. The smallest absolute Gasteiger partial charge is 0.294 e. The highest BCUT2D eigenvalue weighted by molar-refractivity contribution is 7.90. The monoisotopic (exact) mass is 355 g/mol. The van der Waals surface area contributed by atoms with Crippen molar-refractivity contribution in [2.24, 2.45) is 0 Å². The molecule has 2 rings (SSSR count). The number of aromatic nitrogens is 2. The molecular formula is C14H17N3O4S2. The summed E-state index contributed by atoms with van der Waals surface area (Å²) in [5.41, 5.74) is 0.769. The Morgan fingerprint density at radius 1 is 1.30 bits per heavy atom. The van der Waals surface area contributed by atoms with Crippen LogP contribution >= 0.6 is 11.5 Å². The number of nitrogens with zero attached hydrogens (tertiary/aromatic N) is 3. The number of hydrogen-bond acceptors (Lipinski definition) is 7. The largest absolute Gasteiger partial charge is 0.459 e. The minimum absolute atomic E-state index is 0.0468. The predicted octanol–water partition coefficient (Wildman–Crippen LogP) is 1.76. The Kier molecular flexibility index (Phi) is 5.32. The predicted molar refractivity (Wildman–Crippen MR) is 87.6 cm³/mol. The van der Waals surface area contributed by atoms with Crippen LogP contribution in [0.4, 0.5) is 5.69 Å². The first-order chi connectivity index (χ1) is 10.8. The lowest BCUT2D eigenvalue weighted by Gasteiger charge is -2.26. The Hall–Kier alpha value is -2.00. The van der Waals surface area contributed by atoms with Gasteiger partial charge in [-0.1, -0.05) is 18.2 Å². The molecule has 7 nitrogen and oxygen atoms in total. The summed E-state index contributed by atoms with van der Waals surface area (Å²) < 4.78 is 31.6. The van der Waals surface area contributed by atoms with Crippen molar-refractivity contribution in [3.63, 3.8) is 0 Å².